The van der Waals surface area contributed by atoms with Gasteiger partial charge in [0, 0.05) is 18.6 Å². The van der Waals surface area contributed by atoms with Crippen LogP contribution in [0.15, 0.2) is 0 Å². The first-order chi connectivity index (χ1) is 8.75. The van der Waals surface area contributed by atoms with Gasteiger partial charge < -0.3 is 10.2 Å². The van der Waals surface area contributed by atoms with E-state index in [1.807, 2.05) is 0 Å². The Balaban J connectivity index is 1.54. The molecule has 3 rings (SSSR count). The molecule has 0 aromatic rings. The van der Waals surface area contributed by atoms with Crippen molar-refractivity contribution >= 4 is 0 Å². The Morgan fingerprint density at radius 1 is 1.06 bits per heavy atom. The van der Waals surface area contributed by atoms with Crippen LogP contribution < -0.4 is 5.32 Å². The van der Waals surface area contributed by atoms with Gasteiger partial charge in [-0.1, -0.05) is 25.7 Å². The Morgan fingerprint density at radius 2 is 1.89 bits per heavy atom. The van der Waals surface area contributed by atoms with Gasteiger partial charge in [0.05, 0.1) is 0 Å². The largest absolute Gasteiger partial charge is 0.310 e. The van der Waals surface area contributed by atoms with Crippen LogP contribution in [0.5, 0.6) is 0 Å². The summed E-state index contributed by atoms with van der Waals surface area (Å²) in [4.78, 5) is 2.77. The van der Waals surface area contributed by atoms with E-state index in [1.165, 1.54) is 77.5 Å². The summed E-state index contributed by atoms with van der Waals surface area (Å²) in [5, 5.41) is 3.77. The van der Waals surface area contributed by atoms with Crippen LogP contribution >= 0.6 is 0 Å². The molecule has 0 aromatic heterocycles. The monoisotopic (exact) mass is 250 g/mol. The zero-order chi connectivity index (χ0) is 12.4. The number of hydrogen-bond donors (Lipinski definition) is 1. The van der Waals surface area contributed by atoms with Gasteiger partial charge in [0.25, 0.3) is 0 Å². The van der Waals surface area contributed by atoms with Gasteiger partial charge in [-0.3, -0.25) is 0 Å². The van der Waals surface area contributed by atoms with Crippen LogP contribution in [0.25, 0.3) is 0 Å². The van der Waals surface area contributed by atoms with Crippen LogP contribution in [0, 0.1) is 11.8 Å². The molecule has 1 N–H and O–H groups in total. The summed E-state index contributed by atoms with van der Waals surface area (Å²) >= 11 is 0. The molecule has 3 fully saturated rings. The summed E-state index contributed by atoms with van der Waals surface area (Å²) in [6, 6.07) is 0. The van der Waals surface area contributed by atoms with Crippen molar-refractivity contribution in [2.75, 3.05) is 26.2 Å². The van der Waals surface area contributed by atoms with Crippen molar-refractivity contribution in [3.8, 4) is 0 Å². The summed E-state index contributed by atoms with van der Waals surface area (Å²) in [7, 11) is 0. The van der Waals surface area contributed by atoms with Gasteiger partial charge in [-0.2, -0.15) is 0 Å². The van der Waals surface area contributed by atoms with Crippen LogP contribution in [-0.2, 0) is 0 Å². The summed E-state index contributed by atoms with van der Waals surface area (Å²) < 4.78 is 0. The van der Waals surface area contributed by atoms with Gasteiger partial charge in [-0.25, -0.2) is 0 Å². The maximum atomic E-state index is 3.77. The van der Waals surface area contributed by atoms with Crippen LogP contribution in [0.4, 0.5) is 0 Å². The highest BCUT2D eigenvalue weighted by Gasteiger charge is 2.34. The molecule has 0 amide bonds. The molecule has 0 aromatic carbocycles. The normalized spacial score (nSPS) is 42.5. The number of hydrogen-bond acceptors (Lipinski definition) is 2. The van der Waals surface area contributed by atoms with E-state index in [0.717, 1.165) is 11.8 Å². The lowest BCUT2D eigenvalue weighted by molar-refractivity contribution is 0.0607. The Hall–Kier alpha value is -0.0800. The lowest BCUT2D eigenvalue weighted by Gasteiger charge is -2.45. The zero-order valence-corrected chi connectivity index (χ0v) is 12.1. The van der Waals surface area contributed by atoms with Gasteiger partial charge >= 0.3 is 0 Å². The molecule has 1 saturated carbocycles. The standard InChI is InChI=1S/C16H30N2/c1-16(9-4-5-10-17-16)13-18-11-8-14-6-2-3-7-15(14)12-18/h14-15,17H,2-13H2,1H3. The molecule has 2 aliphatic heterocycles. The maximum absolute atomic E-state index is 3.77. The molecule has 0 bridgehead atoms. The van der Waals surface area contributed by atoms with Crippen LogP contribution in [-0.4, -0.2) is 36.6 Å². The Morgan fingerprint density at radius 3 is 2.67 bits per heavy atom. The zero-order valence-electron chi connectivity index (χ0n) is 12.1. The lowest BCUT2D eigenvalue weighted by Crippen LogP contribution is -2.56. The fourth-order valence-electron chi connectivity index (χ4n) is 4.57. The average Bonchev–Trinajstić information content (AvgIpc) is 2.39. The third kappa shape index (κ3) is 2.91. The highest BCUT2D eigenvalue weighted by atomic mass is 15.2. The maximum Gasteiger partial charge on any atom is 0.0280 e. The number of fused-ring (bicyclic) bond motifs is 1. The van der Waals surface area contributed by atoms with E-state index in [2.05, 4.69) is 17.1 Å². The predicted octanol–water partition coefficient (Wildman–Crippen LogP) is 3.03. The van der Waals surface area contributed by atoms with Crippen molar-refractivity contribution in [3.63, 3.8) is 0 Å². The number of rotatable bonds is 2. The number of nitrogens with one attached hydrogen (secondary N) is 1. The number of likely N-dealkylation sites (tertiary alicyclic amines) is 1. The minimum atomic E-state index is 0.403. The van der Waals surface area contributed by atoms with E-state index in [4.69, 9.17) is 0 Å². The molecule has 3 unspecified atom stereocenters. The Kier molecular flexibility index (Phi) is 3.95. The number of nitrogens with zero attached hydrogens (tertiary/aromatic N) is 1. The smallest absolute Gasteiger partial charge is 0.0280 e. The highest BCUT2D eigenvalue weighted by molar-refractivity contribution is 4.92. The van der Waals surface area contributed by atoms with Gasteiger partial charge in [-0.05, 0) is 57.5 Å². The lowest BCUT2D eigenvalue weighted by atomic mass is 9.75. The molecule has 2 saturated heterocycles. The van der Waals surface area contributed by atoms with Crippen molar-refractivity contribution in [1.29, 1.82) is 0 Å². The number of piperidine rings is 2. The highest BCUT2D eigenvalue weighted by Crippen LogP contribution is 2.36. The molecule has 3 atom stereocenters. The molecule has 1 aliphatic carbocycles. The minimum absolute atomic E-state index is 0.403. The van der Waals surface area contributed by atoms with Gasteiger partial charge in [0.1, 0.15) is 0 Å². The third-order valence-corrected chi connectivity index (χ3v) is 5.66. The molecular formula is C16H30N2. The second kappa shape index (κ2) is 5.50. The fraction of sp³-hybridized carbons (Fsp3) is 1.00. The van der Waals surface area contributed by atoms with Gasteiger partial charge in [0.2, 0.25) is 0 Å². The summed E-state index contributed by atoms with van der Waals surface area (Å²) in [5.41, 5.74) is 0.403. The molecule has 0 radical (unpaired) electrons. The Labute approximate surface area is 113 Å². The molecule has 2 heterocycles. The molecule has 18 heavy (non-hydrogen) atoms. The van der Waals surface area contributed by atoms with Crippen molar-refractivity contribution in [1.82, 2.24) is 10.2 Å². The topological polar surface area (TPSA) is 15.3 Å². The quantitative estimate of drug-likeness (QED) is 0.810. The first kappa shape index (κ1) is 12.9. The second-order valence-electron chi connectivity index (χ2n) is 7.27. The fourth-order valence-corrected chi connectivity index (χ4v) is 4.57. The van der Waals surface area contributed by atoms with E-state index in [9.17, 15) is 0 Å². The molecule has 2 nitrogen and oxygen atoms in total. The summed E-state index contributed by atoms with van der Waals surface area (Å²) in [6.07, 6.45) is 11.7. The molecular weight excluding hydrogens is 220 g/mol. The van der Waals surface area contributed by atoms with Gasteiger partial charge in [0.15, 0.2) is 0 Å². The summed E-state index contributed by atoms with van der Waals surface area (Å²) in [5.74, 6) is 2.10. The predicted molar refractivity (Wildman–Crippen MR) is 76.8 cm³/mol. The minimum Gasteiger partial charge on any atom is -0.310 e. The molecule has 3 aliphatic rings. The van der Waals surface area contributed by atoms with Crippen molar-refractivity contribution in [2.24, 2.45) is 11.8 Å². The van der Waals surface area contributed by atoms with Gasteiger partial charge in [-0.15, -0.1) is 0 Å². The van der Waals surface area contributed by atoms with E-state index >= 15 is 0 Å². The van der Waals surface area contributed by atoms with Crippen molar-refractivity contribution < 1.29 is 0 Å². The SMILES string of the molecule is CC1(CN2CCC3CCCCC3C2)CCCCN1. The molecule has 104 valence electrons. The van der Waals surface area contributed by atoms with E-state index in [1.54, 1.807) is 0 Å². The first-order valence-electron chi connectivity index (χ1n) is 8.23. The van der Waals surface area contributed by atoms with E-state index in [0.29, 0.717) is 5.54 Å². The summed E-state index contributed by atoms with van der Waals surface area (Å²) in [6.45, 7) is 7.71. The van der Waals surface area contributed by atoms with Crippen LogP contribution in [0.1, 0.15) is 58.3 Å². The van der Waals surface area contributed by atoms with E-state index in [-0.39, 0.29) is 0 Å². The van der Waals surface area contributed by atoms with Crippen molar-refractivity contribution in [3.05, 3.63) is 0 Å². The molecule has 0 spiro atoms. The Bertz CT molecular complexity index is 270. The van der Waals surface area contributed by atoms with Crippen LogP contribution in [0.2, 0.25) is 0 Å². The van der Waals surface area contributed by atoms with E-state index < -0.39 is 0 Å². The molecule has 2 heteroatoms. The first-order valence-corrected chi connectivity index (χ1v) is 8.23. The second-order valence-corrected chi connectivity index (χ2v) is 7.27. The van der Waals surface area contributed by atoms with Crippen molar-refractivity contribution in [2.45, 2.75) is 63.8 Å². The third-order valence-electron chi connectivity index (χ3n) is 5.66. The van der Waals surface area contributed by atoms with Crippen LogP contribution in [0.3, 0.4) is 0 Å². The average molecular weight is 250 g/mol.